The first-order valence-corrected chi connectivity index (χ1v) is 10.5. The van der Waals surface area contributed by atoms with Gasteiger partial charge in [-0.3, -0.25) is 4.79 Å². The first kappa shape index (κ1) is 18.4. The second-order valence-electron chi connectivity index (χ2n) is 6.57. The average molecular weight is 373 g/mol. The number of carbonyl (C=O) groups excluding carboxylic acids is 1. The van der Waals surface area contributed by atoms with Crippen molar-refractivity contribution in [3.63, 3.8) is 0 Å². The summed E-state index contributed by atoms with van der Waals surface area (Å²) in [4.78, 5) is 18.6. The SMILES string of the molecule is CCN(C(=O)c1ccc(Nc2ccc(C)cc2)cn1)C1CCS(=O)(=O)C1. The van der Waals surface area contributed by atoms with E-state index in [1.165, 1.54) is 5.56 Å². The van der Waals surface area contributed by atoms with Crippen molar-refractivity contribution in [2.24, 2.45) is 0 Å². The number of aromatic nitrogens is 1. The summed E-state index contributed by atoms with van der Waals surface area (Å²) in [5, 5.41) is 3.24. The zero-order chi connectivity index (χ0) is 18.7. The van der Waals surface area contributed by atoms with Crippen molar-refractivity contribution in [2.75, 3.05) is 23.4 Å². The smallest absolute Gasteiger partial charge is 0.272 e. The van der Waals surface area contributed by atoms with Crippen molar-refractivity contribution >= 4 is 27.1 Å². The van der Waals surface area contributed by atoms with E-state index in [0.717, 1.165) is 11.4 Å². The molecule has 1 aliphatic heterocycles. The van der Waals surface area contributed by atoms with Crippen molar-refractivity contribution in [1.82, 2.24) is 9.88 Å². The van der Waals surface area contributed by atoms with Crippen LogP contribution in [0.15, 0.2) is 42.6 Å². The Morgan fingerprint density at radius 2 is 1.88 bits per heavy atom. The Morgan fingerprint density at radius 1 is 1.19 bits per heavy atom. The second kappa shape index (κ2) is 7.45. The Labute approximate surface area is 154 Å². The van der Waals surface area contributed by atoms with E-state index in [1.54, 1.807) is 23.2 Å². The molecular weight excluding hydrogens is 350 g/mol. The largest absolute Gasteiger partial charge is 0.354 e. The molecule has 2 aromatic rings. The van der Waals surface area contributed by atoms with E-state index in [4.69, 9.17) is 0 Å². The van der Waals surface area contributed by atoms with E-state index in [-0.39, 0.29) is 23.5 Å². The molecule has 1 aromatic carbocycles. The van der Waals surface area contributed by atoms with Crippen molar-refractivity contribution in [3.8, 4) is 0 Å². The lowest BCUT2D eigenvalue weighted by molar-refractivity contribution is 0.0702. The molecule has 3 rings (SSSR count). The van der Waals surface area contributed by atoms with Crippen LogP contribution in [0.25, 0.3) is 0 Å². The van der Waals surface area contributed by atoms with Crippen LogP contribution in [0.5, 0.6) is 0 Å². The molecule has 6 nitrogen and oxygen atoms in total. The number of benzene rings is 1. The summed E-state index contributed by atoms with van der Waals surface area (Å²) < 4.78 is 23.4. The quantitative estimate of drug-likeness (QED) is 0.872. The third kappa shape index (κ3) is 4.22. The Kier molecular flexibility index (Phi) is 5.27. The number of hydrogen-bond donors (Lipinski definition) is 1. The summed E-state index contributed by atoms with van der Waals surface area (Å²) in [6.07, 6.45) is 2.11. The Bertz CT molecular complexity index is 877. The van der Waals surface area contributed by atoms with Gasteiger partial charge >= 0.3 is 0 Å². The van der Waals surface area contributed by atoms with Crippen molar-refractivity contribution in [2.45, 2.75) is 26.3 Å². The van der Waals surface area contributed by atoms with Crippen LogP contribution in [0.3, 0.4) is 0 Å². The Hall–Kier alpha value is -2.41. The van der Waals surface area contributed by atoms with Gasteiger partial charge in [-0.25, -0.2) is 13.4 Å². The number of sulfone groups is 1. The molecule has 0 spiro atoms. The Balaban J connectivity index is 1.70. The lowest BCUT2D eigenvalue weighted by Crippen LogP contribution is -2.41. The van der Waals surface area contributed by atoms with Gasteiger partial charge in [0.05, 0.1) is 23.4 Å². The van der Waals surface area contributed by atoms with Gasteiger partial charge in [0.1, 0.15) is 5.69 Å². The third-order valence-electron chi connectivity index (χ3n) is 4.57. The van der Waals surface area contributed by atoms with Crippen LogP contribution < -0.4 is 5.32 Å². The zero-order valence-corrected chi connectivity index (χ0v) is 15.8. The van der Waals surface area contributed by atoms with E-state index in [2.05, 4.69) is 10.3 Å². The van der Waals surface area contributed by atoms with E-state index < -0.39 is 9.84 Å². The summed E-state index contributed by atoms with van der Waals surface area (Å²) >= 11 is 0. The molecule has 0 saturated carbocycles. The fourth-order valence-corrected chi connectivity index (χ4v) is 4.86. The van der Waals surface area contributed by atoms with Gasteiger partial charge in [-0.05, 0) is 44.5 Å². The van der Waals surface area contributed by atoms with Gasteiger partial charge in [-0.1, -0.05) is 17.7 Å². The van der Waals surface area contributed by atoms with Gasteiger partial charge in [0.2, 0.25) is 0 Å². The number of anilines is 2. The monoisotopic (exact) mass is 373 g/mol. The lowest BCUT2D eigenvalue weighted by Gasteiger charge is -2.26. The minimum Gasteiger partial charge on any atom is -0.354 e. The summed E-state index contributed by atoms with van der Waals surface area (Å²) in [6, 6.07) is 11.2. The molecular formula is C19H23N3O3S. The molecule has 0 aliphatic carbocycles. The number of aryl methyl sites for hydroxylation is 1. The summed E-state index contributed by atoms with van der Waals surface area (Å²) in [5.74, 6) is -0.0371. The van der Waals surface area contributed by atoms with Gasteiger partial charge in [0, 0.05) is 18.3 Å². The van der Waals surface area contributed by atoms with Crippen molar-refractivity contribution in [3.05, 3.63) is 53.9 Å². The van der Waals surface area contributed by atoms with Gasteiger partial charge in [-0.2, -0.15) is 0 Å². The molecule has 2 heterocycles. The van der Waals surface area contributed by atoms with Gasteiger partial charge in [-0.15, -0.1) is 0 Å². The molecule has 1 amide bonds. The topological polar surface area (TPSA) is 79.4 Å². The summed E-state index contributed by atoms with van der Waals surface area (Å²) in [5.41, 5.74) is 3.24. The first-order chi connectivity index (χ1) is 12.4. The van der Waals surface area contributed by atoms with E-state index in [9.17, 15) is 13.2 Å². The summed E-state index contributed by atoms with van der Waals surface area (Å²) in [6.45, 7) is 4.35. The fourth-order valence-electron chi connectivity index (χ4n) is 3.13. The molecule has 1 aromatic heterocycles. The molecule has 26 heavy (non-hydrogen) atoms. The van der Waals surface area contributed by atoms with Crippen LogP contribution in [0.2, 0.25) is 0 Å². The van der Waals surface area contributed by atoms with Crippen LogP contribution in [0.1, 0.15) is 29.4 Å². The van der Waals surface area contributed by atoms with Crippen LogP contribution in [-0.4, -0.2) is 48.3 Å². The molecule has 1 unspecified atom stereocenters. The highest BCUT2D eigenvalue weighted by atomic mass is 32.2. The number of carbonyl (C=O) groups is 1. The number of pyridine rings is 1. The van der Waals surface area contributed by atoms with Crippen molar-refractivity contribution in [1.29, 1.82) is 0 Å². The van der Waals surface area contributed by atoms with E-state index in [0.29, 0.717) is 18.7 Å². The molecule has 1 atom stereocenters. The fraction of sp³-hybridized carbons (Fsp3) is 0.368. The Morgan fingerprint density at radius 3 is 2.42 bits per heavy atom. The van der Waals surface area contributed by atoms with Crippen LogP contribution in [-0.2, 0) is 9.84 Å². The predicted octanol–water partition coefficient (Wildman–Crippen LogP) is 2.78. The molecule has 1 fully saturated rings. The van der Waals surface area contributed by atoms with Crippen molar-refractivity contribution < 1.29 is 13.2 Å². The minimum atomic E-state index is -3.04. The zero-order valence-electron chi connectivity index (χ0n) is 15.0. The summed E-state index contributed by atoms with van der Waals surface area (Å²) in [7, 11) is -3.04. The number of rotatable bonds is 5. The molecule has 1 aliphatic rings. The van der Waals surface area contributed by atoms with Gasteiger partial charge in [0.15, 0.2) is 9.84 Å². The molecule has 1 saturated heterocycles. The normalized spacial score (nSPS) is 18.5. The number of amides is 1. The average Bonchev–Trinajstić information content (AvgIpc) is 2.98. The molecule has 7 heteroatoms. The molecule has 138 valence electrons. The highest BCUT2D eigenvalue weighted by molar-refractivity contribution is 7.91. The maximum Gasteiger partial charge on any atom is 0.272 e. The molecule has 0 bridgehead atoms. The standard InChI is InChI=1S/C19H23N3O3S/c1-3-22(17-10-11-26(24,25)13-17)19(23)18-9-8-16(12-20-18)21-15-6-4-14(2)5-7-15/h4-9,12,17,21H,3,10-11,13H2,1-2H3. The van der Waals surface area contributed by atoms with Gasteiger partial charge < -0.3 is 10.2 Å². The molecule has 1 N–H and O–H groups in total. The second-order valence-corrected chi connectivity index (χ2v) is 8.80. The van der Waals surface area contributed by atoms with Gasteiger partial charge in [0.25, 0.3) is 5.91 Å². The van der Waals surface area contributed by atoms with E-state index in [1.807, 2.05) is 38.1 Å². The first-order valence-electron chi connectivity index (χ1n) is 8.69. The maximum absolute atomic E-state index is 12.7. The highest BCUT2D eigenvalue weighted by Gasteiger charge is 2.34. The maximum atomic E-state index is 12.7. The highest BCUT2D eigenvalue weighted by Crippen LogP contribution is 2.21. The van der Waals surface area contributed by atoms with Crippen LogP contribution in [0.4, 0.5) is 11.4 Å². The lowest BCUT2D eigenvalue weighted by atomic mass is 10.2. The third-order valence-corrected chi connectivity index (χ3v) is 6.32. The minimum absolute atomic E-state index is 0.0413. The number of hydrogen-bond acceptors (Lipinski definition) is 5. The van der Waals surface area contributed by atoms with E-state index >= 15 is 0 Å². The number of nitrogens with one attached hydrogen (secondary N) is 1. The van der Waals surface area contributed by atoms with Crippen LogP contribution >= 0.6 is 0 Å². The number of nitrogens with zero attached hydrogens (tertiary/aromatic N) is 2. The molecule has 0 radical (unpaired) electrons. The van der Waals surface area contributed by atoms with Crippen LogP contribution in [0, 0.1) is 6.92 Å². The predicted molar refractivity (Wildman–Crippen MR) is 102 cm³/mol.